The van der Waals surface area contributed by atoms with Crippen LogP contribution in [-0.4, -0.2) is 48.6 Å². The van der Waals surface area contributed by atoms with Gasteiger partial charge >= 0.3 is 0 Å². The average molecular weight is 338 g/mol. The maximum absolute atomic E-state index is 12.3. The lowest BCUT2D eigenvalue weighted by Crippen LogP contribution is -2.50. The smallest absolute Gasteiger partial charge is 0.188 e. The fourth-order valence-corrected chi connectivity index (χ4v) is 4.83. The van der Waals surface area contributed by atoms with Gasteiger partial charge in [-0.2, -0.15) is 0 Å². The van der Waals surface area contributed by atoms with Crippen molar-refractivity contribution < 1.29 is 28.5 Å². The number of allylic oxidation sites excluding steroid dienone is 1. The van der Waals surface area contributed by atoms with Crippen LogP contribution in [0.5, 0.6) is 0 Å². The Labute approximate surface area is 142 Å². The fraction of sp³-hybridized carbons (Fsp3) is 0.833. The number of carbonyl (C=O) groups is 1. The summed E-state index contributed by atoms with van der Waals surface area (Å²) in [4.78, 5) is 12.3. The molecule has 4 fully saturated rings. The number of ketones is 1. The van der Waals surface area contributed by atoms with E-state index in [1.54, 1.807) is 0 Å². The van der Waals surface area contributed by atoms with Gasteiger partial charge in [0, 0.05) is 18.3 Å². The first-order valence-corrected chi connectivity index (χ1v) is 8.64. The van der Waals surface area contributed by atoms with E-state index in [2.05, 4.69) is 6.58 Å². The van der Waals surface area contributed by atoms with Gasteiger partial charge in [0.25, 0.3) is 0 Å². The molecule has 134 valence electrons. The molecule has 0 unspecified atom stereocenters. The van der Waals surface area contributed by atoms with Gasteiger partial charge in [-0.1, -0.05) is 6.08 Å². The van der Waals surface area contributed by atoms with E-state index in [9.17, 15) is 4.79 Å². The SMILES string of the molecule is C=C[C@@H]1CC(=O)C[C@]12[C@@H]([C@H]1COC(C)(C)O1)O[C@@H]1OC(C)(C)O[C@@H]12. The second-order valence-corrected chi connectivity index (χ2v) is 8.22. The second-order valence-electron chi connectivity index (χ2n) is 8.22. The van der Waals surface area contributed by atoms with Gasteiger partial charge in [-0.05, 0) is 33.6 Å². The summed E-state index contributed by atoms with van der Waals surface area (Å²) in [5.74, 6) is -1.19. The Morgan fingerprint density at radius 3 is 2.46 bits per heavy atom. The molecule has 0 aromatic rings. The van der Waals surface area contributed by atoms with E-state index in [4.69, 9.17) is 23.7 Å². The molecule has 0 radical (unpaired) electrons. The number of carbonyl (C=O) groups excluding carboxylic acids is 1. The number of hydrogen-bond donors (Lipinski definition) is 0. The standard InChI is InChI=1S/C18H26O6/c1-6-10-7-11(19)8-18(10)13(12-9-20-16(2,3)22-12)21-15-14(18)23-17(4,5)24-15/h6,10,12-15H,1,7-9H2,2-5H3/t10-,12-,13-,14+,15-,18-/m1/s1. The van der Waals surface area contributed by atoms with Gasteiger partial charge < -0.3 is 23.7 Å². The lowest BCUT2D eigenvalue weighted by atomic mass is 9.69. The zero-order valence-electron chi connectivity index (χ0n) is 14.7. The van der Waals surface area contributed by atoms with Crippen molar-refractivity contribution >= 4 is 5.78 Å². The highest BCUT2D eigenvalue weighted by molar-refractivity contribution is 5.83. The van der Waals surface area contributed by atoms with Crippen LogP contribution in [0.15, 0.2) is 12.7 Å². The van der Waals surface area contributed by atoms with Gasteiger partial charge in [0.15, 0.2) is 17.9 Å². The van der Waals surface area contributed by atoms with Crippen LogP contribution in [0.3, 0.4) is 0 Å². The second kappa shape index (κ2) is 5.11. The Hall–Kier alpha value is -0.790. The maximum atomic E-state index is 12.3. The van der Waals surface area contributed by atoms with Crippen LogP contribution < -0.4 is 0 Å². The lowest BCUT2D eigenvalue weighted by molar-refractivity contribution is -0.239. The maximum Gasteiger partial charge on any atom is 0.188 e. The molecule has 0 aromatic carbocycles. The molecule has 4 aliphatic rings. The predicted octanol–water partition coefficient (Wildman–Crippen LogP) is 2.17. The molecule has 3 aliphatic heterocycles. The molecule has 3 saturated heterocycles. The zero-order valence-corrected chi connectivity index (χ0v) is 14.7. The Morgan fingerprint density at radius 2 is 1.83 bits per heavy atom. The van der Waals surface area contributed by atoms with Crippen LogP contribution in [-0.2, 0) is 28.5 Å². The van der Waals surface area contributed by atoms with Crippen molar-refractivity contribution in [3.8, 4) is 0 Å². The minimum atomic E-state index is -0.725. The summed E-state index contributed by atoms with van der Waals surface area (Å²) in [5.41, 5.74) is -0.508. The summed E-state index contributed by atoms with van der Waals surface area (Å²) < 4.78 is 30.2. The molecule has 1 spiro atoms. The van der Waals surface area contributed by atoms with Gasteiger partial charge in [0.2, 0.25) is 0 Å². The molecule has 0 amide bonds. The number of Topliss-reactive ketones (excluding diaryl/α,β-unsaturated/α-hetero) is 1. The Morgan fingerprint density at radius 1 is 1.08 bits per heavy atom. The van der Waals surface area contributed by atoms with E-state index in [0.29, 0.717) is 19.4 Å². The minimum Gasteiger partial charge on any atom is -0.348 e. The molecule has 6 heteroatoms. The van der Waals surface area contributed by atoms with Crippen LogP contribution in [0.1, 0.15) is 40.5 Å². The monoisotopic (exact) mass is 338 g/mol. The third-order valence-electron chi connectivity index (χ3n) is 5.69. The Kier molecular flexibility index (Phi) is 3.55. The normalized spacial score (nSPS) is 49.0. The van der Waals surface area contributed by atoms with Crippen molar-refractivity contribution in [1.82, 2.24) is 0 Å². The van der Waals surface area contributed by atoms with Crippen LogP contribution in [0.2, 0.25) is 0 Å². The summed E-state index contributed by atoms with van der Waals surface area (Å²) in [6, 6.07) is 0. The lowest BCUT2D eigenvalue weighted by Gasteiger charge is -2.40. The van der Waals surface area contributed by atoms with Crippen molar-refractivity contribution in [3.63, 3.8) is 0 Å². The van der Waals surface area contributed by atoms with Crippen LogP contribution >= 0.6 is 0 Å². The summed E-state index contributed by atoms with van der Waals surface area (Å²) in [5, 5.41) is 0. The highest BCUT2D eigenvalue weighted by Gasteiger charge is 2.70. The quantitative estimate of drug-likeness (QED) is 0.719. The van der Waals surface area contributed by atoms with E-state index in [1.165, 1.54) is 0 Å². The van der Waals surface area contributed by atoms with Gasteiger partial charge in [0.05, 0.1) is 12.7 Å². The summed E-state index contributed by atoms with van der Waals surface area (Å²) in [7, 11) is 0. The largest absolute Gasteiger partial charge is 0.348 e. The third-order valence-corrected chi connectivity index (χ3v) is 5.69. The highest BCUT2D eigenvalue weighted by atomic mass is 16.8. The molecule has 0 N–H and O–H groups in total. The van der Waals surface area contributed by atoms with Crippen LogP contribution in [0, 0.1) is 11.3 Å². The molecular formula is C18H26O6. The molecule has 4 rings (SSSR count). The Bertz CT molecular complexity index is 570. The summed E-state index contributed by atoms with van der Waals surface area (Å²) in [6.07, 6.45) is 1.35. The number of fused-ring (bicyclic) bond motifs is 2. The molecule has 24 heavy (non-hydrogen) atoms. The van der Waals surface area contributed by atoms with Crippen molar-refractivity contribution in [3.05, 3.63) is 12.7 Å². The first-order chi connectivity index (χ1) is 11.2. The number of hydrogen-bond acceptors (Lipinski definition) is 6. The number of rotatable bonds is 2. The van der Waals surface area contributed by atoms with E-state index < -0.39 is 23.3 Å². The van der Waals surface area contributed by atoms with Crippen LogP contribution in [0.4, 0.5) is 0 Å². The Balaban J connectivity index is 1.72. The van der Waals surface area contributed by atoms with Crippen molar-refractivity contribution in [2.24, 2.45) is 11.3 Å². The minimum absolute atomic E-state index is 0.0187. The molecule has 0 bridgehead atoms. The van der Waals surface area contributed by atoms with Crippen LogP contribution in [0.25, 0.3) is 0 Å². The van der Waals surface area contributed by atoms with E-state index in [-0.39, 0.29) is 30.0 Å². The van der Waals surface area contributed by atoms with Crippen molar-refractivity contribution in [2.45, 2.75) is 76.7 Å². The topological polar surface area (TPSA) is 63.2 Å². The first kappa shape index (κ1) is 16.7. The van der Waals surface area contributed by atoms with Crippen molar-refractivity contribution in [1.29, 1.82) is 0 Å². The fourth-order valence-electron chi connectivity index (χ4n) is 4.83. The van der Waals surface area contributed by atoms with Gasteiger partial charge in [0.1, 0.15) is 18.0 Å². The molecule has 3 heterocycles. The molecule has 1 saturated carbocycles. The molecular weight excluding hydrogens is 312 g/mol. The highest BCUT2D eigenvalue weighted by Crippen LogP contribution is 2.60. The van der Waals surface area contributed by atoms with E-state index in [1.807, 2.05) is 33.8 Å². The van der Waals surface area contributed by atoms with E-state index in [0.717, 1.165) is 0 Å². The zero-order chi connectivity index (χ0) is 17.3. The average Bonchev–Trinajstić information content (AvgIpc) is 3.15. The first-order valence-electron chi connectivity index (χ1n) is 8.64. The van der Waals surface area contributed by atoms with Gasteiger partial charge in [-0.3, -0.25) is 4.79 Å². The predicted molar refractivity (Wildman–Crippen MR) is 84.0 cm³/mol. The number of ether oxygens (including phenoxy) is 5. The summed E-state index contributed by atoms with van der Waals surface area (Å²) >= 11 is 0. The van der Waals surface area contributed by atoms with Gasteiger partial charge in [-0.15, -0.1) is 6.58 Å². The molecule has 6 nitrogen and oxygen atoms in total. The van der Waals surface area contributed by atoms with Crippen molar-refractivity contribution in [2.75, 3.05) is 6.61 Å². The van der Waals surface area contributed by atoms with Gasteiger partial charge in [-0.25, -0.2) is 0 Å². The third kappa shape index (κ3) is 2.31. The molecule has 6 atom stereocenters. The summed E-state index contributed by atoms with van der Waals surface area (Å²) in [6.45, 7) is 11.9. The van der Waals surface area contributed by atoms with E-state index >= 15 is 0 Å². The molecule has 1 aliphatic carbocycles. The molecule has 0 aromatic heterocycles.